The number of hydrogen-bond donors (Lipinski definition) is 1. The average Bonchev–Trinajstić information content (AvgIpc) is 1.86. The highest BCUT2D eigenvalue weighted by molar-refractivity contribution is 4.78. The zero-order chi connectivity index (χ0) is 7.14. The second-order valence-corrected chi connectivity index (χ2v) is 2.60. The quantitative estimate of drug-likeness (QED) is 0.508. The van der Waals surface area contributed by atoms with Crippen molar-refractivity contribution in [2.75, 3.05) is 6.61 Å². The van der Waals surface area contributed by atoms with Gasteiger partial charge in [-0.2, -0.15) is 0 Å². The smallest absolute Gasteiger partial charge is 0.173 e. The molecule has 4 nitrogen and oxygen atoms in total. The number of rotatable bonds is 0. The van der Waals surface area contributed by atoms with Crippen molar-refractivity contribution in [1.82, 2.24) is 0 Å². The maximum Gasteiger partial charge on any atom is 0.173 e. The van der Waals surface area contributed by atoms with Crippen LogP contribution >= 0.6 is 0 Å². The molecule has 4 atom stereocenters. The van der Waals surface area contributed by atoms with Crippen LogP contribution in [0.2, 0.25) is 0 Å². The molecule has 0 aromatic heterocycles. The molecule has 2 heterocycles. The van der Waals surface area contributed by atoms with Gasteiger partial charge in [0.25, 0.3) is 0 Å². The predicted octanol–water partition coefficient (Wildman–Crippen LogP) is -0.330. The van der Waals surface area contributed by atoms with E-state index in [0.29, 0.717) is 6.61 Å². The lowest BCUT2D eigenvalue weighted by molar-refractivity contribution is -0.429. The summed E-state index contributed by atoms with van der Waals surface area (Å²) in [7, 11) is 0. The summed E-state index contributed by atoms with van der Waals surface area (Å²) in [4.78, 5) is 0. The van der Waals surface area contributed by atoms with Gasteiger partial charge in [0.1, 0.15) is 0 Å². The summed E-state index contributed by atoms with van der Waals surface area (Å²) < 4.78 is 15.1. The minimum atomic E-state index is -0.683. The molecule has 0 saturated carbocycles. The fourth-order valence-electron chi connectivity index (χ4n) is 1.15. The van der Waals surface area contributed by atoms with Gasteiger partial charge >= 0.3 is 0 Å². The summed E-state index contributed by atoms with van der Waals surface area (Å²) in [5.41, 5.74) is 0. The Morgan fingerprint density at radius 3 is 2.80 bits per heavy atom. The highest BCUT2D eigenvalue weighted by Gasteiger charge is 2.46. The lowest BCUT2D eigenvalue weighted by Crippen LogP contribution is -2.57. The number of aliphatic hydroxyl groups is 1. The van der Waals surface area contributed by atoms with Crippen molar-refractivity contribution in [2.24, 2.45) is 5.92 Å². The molecule has 0 spiro atoms. The van der Waals surface area contributed by atoms with Gasteiger partial charge in [-0.05, 0) is 6.92 Å². The van der Waals surface area contributed by atoms with Crippen LogP contribution in [0.4, 0.5) is 0 Å². The molecule has 1 N–H and O–H groups in total. The molecule has 0 amide bonds. The minimum Gasteiger partial charge on any atom is -0.367 e. The summed E-state index contributed by atoms with van der Waals surface area (Å²) in [5, 5.41) is 8.95. The highest BCUT2D eigenvalue weighted by Crippen LogP contribution is 2.32. The fraction of sp³-hybridized carbons (Fsp3) is 1.00. The molecule has 2 saturated heterocycles. The Morgan fingerprint density at radius 1 is 1.40 bits per heavy atom. The Bertz CT molecular complexity index is 136. The number of fused-ring (bicyclic) bond motifs is 1. The van der Waals surface area contributed by atoms with Crippen LogP contribution < -0.4 is 0 Å². The summed E-state index contributed by atoms with van der Waals surface area (Å²) in [6.07, 6.45) is -1.12. The third-order valence-electron chi connectivity index (χ3n) is 1.84. The first kappa shape index (κ1) is 6.54. The van der Waals surface area contributed by atoms with Crippen molar-refractivity contribution in [3.8, 4) is 0 Å². The van der Waals surface area contributed by atoms with E-state index in [2.05, 4.69) is 0 Å². The molecular weight excluding hydrogens is 136 g/mol. The monoisotopic (exact) mass is 146 g/mol. The standard InChI is InChI=1S/C6H10O4/c1-3-8-2-4-5(7)10-6(4)9-3/h3-7H,2H2,1H3/t3-,4+,5-,6-/m1/s1. The Balaban J connectivity index is 1.93. The van der Waals surface area contributed by atoms with Crippen LogP contribution in [0.5, 0.6) is 0 Å². The molecule has 0 aromatic rings. The van der Waals surface area contributed by atoms with Crippen molar-refractivity contribution >= 4 is 0 Å². The molecule has 10 heavy (non-hydrogen) atoms. The van der Waals surface area contributed by atoms with Gasteiger partial charge in [0, 0.05) is 0 Å². The summed E-state index contributed by atoms with van der Waals surface area (Å²) in [6, 6.07) is 0. The predicted molar refractivity (Wildman–Crippen MR) is 30.9 cm³/mol. The lowest BCUT2D eigenvalue weighted by atomic mass is 10.0. The van der Waals surface area contributed by atoms with Gasteiger partial charge in [-0.15, -0.1) is 0 Å². The van der Waals surface area contributed by atoms with E-state index < -0.39 is 6.29 Å². The van der Waals surface area contributed by atoms with Crippen LogP contribution in [0.3, 0.4) is 0 Å². The SMILES string of the molecule is C[C@@H]1OC[C@@H]2[C@H](O1)O[C@H]2O. The van der Waals surface area contributed by atoms with E-state index in [-0.39, 0.29) is 18.5 Å². The van der Waals surface area contributed by atoms with Crippen LogP contribution in [0, 0.1) is 5.92 Å². The number of hydrogen-bond acceptors (Lipinski definition) is 4. The summed E-state index contributed by atoms with van der Waals surface area (Å²) in [6.45, 7) is 2.34. The number of aliphatic hydroxyl groups excluding tert-OH is 1. The molecule has 2 fully saturated rings. The third kappa shape index (κ3) is 0.845. The molecule has 0 radical (unpaired) electrons. The van der Waals surface area contributed by atoms with Crippen molar-refractivity contribution in [2.45, 2.75) is 25.8 Å². The Hall–Kier alpha value is -0.160. The molecule has 0 aromatic carbocycles. The van der Waals surface area contributed by atoms with Gasteiger partial charge in [-0.25, -0.2) is 0 Å². The molecule has 0 unspecified atom stereocenters. The second-order valence-electron chi connectivity index (χ2n) is 2.60. The first-order chi connectivity index (χ1) is 4.77. The molecular formula is C6H10O4. The summed E-state index contributed by atoms with van der Waals surface area (Å²) >= 11 is 0. The van der Waals surface area contributed by atoms with Crippen LogP contribution in [-0.2, 0) is 14.2 Å². The van der Waals surface area contributed by atoms with Gasteiger partial charge in [0.2, 0.25) is 0 Å². The lowest BCUT2D eigenvalue weighted by Gasteiger charge is -2.45. The van der Waals surface area contributed by atoms with Gasteiger partial charge in [0.15, 0.2) is 18.9 Å². The van der Waals surface area contributed by atoms with E-state index in [1.165, 1.54) is 0 Å². The van der Waals surface area contributed by atoms with Crippen LogP contribution in [0.1, 0.15) is 6.92 Å². The molecule has 2 aliphatic rings. The molecule has 0 bridgehead atoms. The fourth-order valence-corrected chi connectivity index (χ4v) is 1.15. The Labute approximate surface area is 58.7 Å². The molecule has 58 valence electrons. The third-order valence-corrected chi connectivity index (χ3v) is 1.84. The van der Waals surface area contributed by atoms with Crippen LogP contribution in [0.25, 0.3) is 0 Å². The Morgan fingerprint density at radius 2 is 2.20 bits per heavy atom. The van der Waals surface area contributed by atoms with E-state index in [1.54, 1.807) is 0 Å². The maximum absolute atomic E-state index is 8.95. The van der Waals surface area contributed by atoms with E-state index >= 15 is 0 Å². The van der Waals surface area contributed by atoms with Crippen LogP contribution in [0.15, 0.2) is 0 Å². The van der Waals surface area contributed by atoms with Gasteiger partial charge in [0.05, 0.1) is 12.5 Å². The molecule has 4 heteroatoms. The van der Waals surface area contributed by atoms with Gasteiger partial charge < -0.3 is 19.3 Å². The van der Waals surface area contributed by atoms with E-state index in [0.717, 1.165) is 0 Å². The number of ether oxygens (including phenoxy) is 3. The van der Waals surface area contributed by atoms with Crippen molar-refractivity contribution in [1.29, 1.82) is 0 Å². The van der Waals surface area contributed by atoms with E-state index in [4.69, 9.17) is 19.3 Å². The normalized spacial score (nSPS) is 53.4. The summed E-state index contributed by atoms with van der Waals surface area (Å²) in [5.74, 6) is 0.0243. The zero-order valence-electron chi connectivity index (χ0n) is 5.69. The maximum atomic E-state index is 8.95. The topological polar surface area (TPSA) is 47.9 Å². The van der Waals surface area contributed by atoms with Gasteiger partial charge in [-0.3, -0.25) is 0 Å². The van der Waals surface area contributed by atoms with Crippen molar-refractivity contribution in [3.63, 3.8) is 0 Å². The first-order valence-corrected chi connectivity index (χ1v) is 3.38. The molecule has 0 aliphatic carbocycles. The minimum absolute atomic E-state index is 0.0243. The van der Waals surface area contributed by atoms with E-state index in [9.17, 15) is 0 Å². The van der Waals surface area contributed by atoms with Crippen molar-refractivity contribution in [3.05, 3.63) is 0 Å². The largest absolute Gasteiger partial charge is 0.367 e. The second kappa shape index (κ2) is 2.17. The van der Waals surface area contributed by atoms with Crippen LogP contribution in [-0.4, -0.2) is 30.6 Å². The molecule has 2 rings (SSSR count). The molecule has 2 aliphatic heterocycles. The average molecular weight is 146 g/mol. The van der Waals surface area contributed by atoms with Gasteiger partial charge in [-0.1, -0.05) is 0 Å². The van der Waals surface area contributed by atoms with E-state index in [1.807, 2.05) is 6.92 Å². The zero-order valence-corrected chi connectivity index (χ0v) is 5.69. The first-order valence-electron chi connectivity index (χ1n) is 3.38. The van der Waals surface area contributed by atoms with Crippen molar-refractivity contribution < 1.29 is 19.3 Å². The Kier molecular flexibility index (Phi) is 1.42. The highest BCUT2D eigenvalue weighted by atomic mass is 16.8.